The van der Waals surface area contributed by atoms with Crippen LogP contribution in [-0.2, 0) is 32.6 Å². The van der Waals surface area contributed by atoms with E-state index < -0.39 is 28.5 Å². The average Bonchev–Trinajstić information content (AvgIpc) is 2.87. The van der Waals surface area contributed by atoms with Crippen LogP contribution in [0.2, 0.25) is 0 Å². The van der Waals surface area contributed by atoms with Crippen LogP contribution in [0.5, 0.6) is 5.75 Å². The topological polar surface area (TPSA) is 102 Å². The van der Waals surface area contributed by atoms with Crippen molar-refractivity contribution in [2.45, 2.75) is 24.9 Å². The molecule has 0 saturated heterocycles. The van der Waals surface area contributed by atoms with Crippen molar-refractivity contribution >= 4 is 21.9 Å². The highest BCUT2D eigenvalue weighted by Gasteiger charge is 2.27. The summed E-state index contributed by atoms with van der Waals surface area (Å²) in [6.07, 6.45) is 0. The Hall–Kier alpha value is -3.69. The van der Waals surface area contributed by atoms with Crippen LogP contribution in [0.3, 0.4) is 0 Å². The van der Waals surface area contributed by atoms with Crippen LogP contribution in [-0.4, -0.2) is 45.4 Å². The van der Waals surface area contributed by atoms with Crippen molar-refractivity contribution in [3.63, 3.8) is 0 Å². The van der Waals surface area contributed by atoms with Crippen LogP contribution in [0.15, 0.2) is 77.7 Å². The highest BCUT2D eigenvalue weighted by atomic mass is 32.2. The Morgan fingerprint density at radius 1 is 0.943 bits per heavy atom. The van der Waals surface area contributed by atoms with Gasteiger partial charge in [-0.2, -0.15) is 4.31 Å². The minimum Gasteiger partial charge on any atom is -0.495 e. The maximum absolute atomic E-state index is 13.2. The van der Waals surface area contributed by atoms with Crippen molar-refractivity contribution in [3.05, 3.63) is 95.1 Å². The van der Waals surface area contributed by atoms with Crippen LogP contribution < -0.4 is 10.1 Å². The molecule has 0 fully saturated rings. The highest BCUT2D eigenvalue weighted by Crippen LogP contribution is 2.28. The first-order valence-electron chi connectivity index (χ1n) is 10.9. The molecule has 0 aliphatic rings. The van der Waals surface area contributed by atoms with Crippen LogP contribution in [0.1, 0.15) is 27.0 Å². The summed E-state index contributed by atoms with van der Waals surface area (Å²) < 4.78 is 37.9. The van der Waals surface area contributed by atoms with Gasteiger partial charge in [-0.15, -0.1) is 0 Å². The van der Waals surface area contributed by atoms with E-state index in [1.807, 2.05) is 61.5 Å². The number of sulfonamides is 1. The number of esters is 1. The molecule has 9 heteroatoms. The summed E-state index contributed by atoms with van der Waals surface area (Å²) >= 11 is 0. The molecule has 8 nitrogen and oxygen atoms in total. The number of carbonyl (C=O) groups excluding carboxylic acids is 2. The number of nitrogens with one attached hydrogen (secondary N) is 1. The normalized spacial score (nSPS) is 11.2. The number of hydrogen-bond donors (Lipinski definition) is 1. The van der Waals surface area contributed by atoms with Gasteiger partial charge in [0.25, 0.3) is 5.91 Å². The van der Waals surface area contributed by atoms with E-state index in [9.17, 15) is 18.0 Å². The van der Waals surface area contributed by atoms with E-state index in [0.717, 1.165) is 16.7 Å². The molecule has 0 radical (unpaired) electrons. The van der Waals surface area contributed by atoms with Gasteiger partial charge in [-0.3, -0.25) is 4.79 Å². The van der Waals surface area contributed by atoms with Gasteiger partial charge in [-0.25, -0.2) is 13.2 Å². The van der Waals surface area contributed by atoms with Crippen LogP contribution in [0.4, 0.5) is 0 Å². The molecule has 35 heavy (non-hydrogen) atoms. The summed E-state index contributed by atoms with van der Waals surface area (Å²) in [6, 6.07) is 20.8. The zero-order valence-corrected chi connectivity index (χ0v) is 20.7. The molecular formula is C26H28N2O6S. The number of hydrogen-bond acceptors (Lipinski definition) is 6. The Morgan fingerprint density at radius 3 is 2.29 bits per heavy atom. The van der Waals surface area contributed by atoms with E-state index in [4.69, 9.17) is 9.47 Å². The number of amides is 1. The van der Waals surface area contributed by atoms with Gasteiger partial charge in [0.05, 0.1) is 12.7 Å². The van der Waals surface area contributed by atoms with Gasteiger partial charge in [0.1, 0.15) is 10.6 Å². The van der Waals surface area contributed by atoms with E-state index in [2.05, 4.69) is 5.32 Å². The summed E-state index contributed by atoms with van der Waals surface area (Å²) in [5.74, 6) is -1.19. The molecule has 3 rings (SSSR count). The molecule has 0 heterocycles. The lowest BCUT2D eigenvalue weighted by molar-refractivity contribution is -0.124. The Bertz CT molecular complexity index is 1270. The first kappa shape index (κ1) is 25.9. The Morgan fingerprint density at radius 2 is 1.63 bits per heavy atom. The number of aryl methyl sites for hydroxylation is 1. The van der Waals surface area contributed by atoms with E-state index >= 15 is 0 Å². The highest BCUT2D eigenvalue weighted by molar-refractivity contribution is 7.89. The number of benzene rings is 3. The van der Waals surface area contributed by atoms with Crippen molar-refractivity contribution in [1.82, 2.24) is 9.62 Å². The second kappa shape index (κ2) is 11.6. The second-order valence-electron chi connectivity index (χ2n) is 7.95. The fourth-order valence-electron chi connectivity index (χ4n) is 3.27. The van der Waals surface area contributed by atoms with Crippen molar-refractivity contribution in [2.24, 2.45) is 0 Å². The smallest absolute Gasteiger partial charge is 0.338 e. The molecular weight excluding hydrogens is 468 g/mol. The zero-order chi connectivity index (χ0) is 25.4. The summed E-state index contributed by atoms with van der Waals surface area (Å²) in [7, 11) is -1.19. The largest absolute Gasteiger partial charge is 0.495 e. The van der Waals surface area contributed by atoms with Crippen molar-refractivity contribution in [3.8, 4) is 5.75 Å². The predicted molar refractivity (Wildman–Crippen MR) is 131 cm³/mol. The Balaban J connectivity index is 1.67. The van der Waals surface area contributed by atoms with E-state index in [1.54, 1.807) is 0 Å². The fraction of sp³-hybridized carbons (Fsp3) is 0.231. The standard InChI is InChI=1S/C26H28N2O6S/c1-19-9-11-20(12-10-19)16-27-25(29)18-34-26(30)22-13-14-23(33-3)24(15-22)35(31,32)28(2)17-21-7-5-4-6-8-21/h4-15H,16-18H2,1-3H3,(H,27,29). The molecule has 3 aromatic carbocycles. The summed E-state index contributed by atoms with van der Waals surface area (Å²) in [5, 5.41) is 2.68. The van der Waals surface area contributed by atoms with Gasteiger partial charge in [0.15, 0.2) is 6.61 Å². The molecule has 0 aliphatic carbocycles. The van der Waals surface area contributed by atoms with Crippen LogP contribution in [0.25, 0.3) is 0 Å². The monoisotopic (exact) mass is 496 g/mol. The number of carbonyl (C=O) groups is 2. The lowest BCUT2D eigenvalue weighted by Crippen LogP contribution is -2.29. The molecule has 1 amide bonds. The van der Waals surface area contributed by atoms with E-state index in [-0.39, 0.29) is 22.8 Å². The third kappa shape index (κ3) is 6.91. The molecule has 0 atom stereocenters. The third-order valence-corrected chi connectivity index (χ3v) is 7.10. The zero-order valence-electron chi connectivity index (χ0n) is 19.9. The molecule has 184 valence electrons. The first-order valence-corrected chi connectivity index (χ1v) is 12.3. The Labute approximate surface area is 205 Å². The molecule has 0 saturated carbocycles. The quantitative estimate of drug-likeness (QED) is 0.432. The van der Waals surface area contributed by atoms with Gasteiger partial charge >= 0.3 is 5.97 Å². The predicted octanol–water partition coefficient (Wildman–Crippen LogP) is 3.30. The molecule has 0 aromatic heterocycles. The summed E-state index contributed by atoms with van der Waals surface area (Å²) in [5.41, 5.74) is 2.83. The second-order valence-corrected chi connectivity index (χ2v) is 9.96. The minimum absolute atomic E-state index is 0.0104. The average molecular weight is 497 g/mol. The SMILES string of the molecule is COc1ccc(C(=O)OCC(=O)NCc2ccc(C)cc2)cc1S(=O)(=O)N(C)Cc1ccccc1. The van der Waals surface area contributed by atoms with Gasteiger partial charge < -0.3 is 14.8 Å². The van der Waals surface area contributed by atoms with Crippen LogP contribution in [0, 0.1) is 6.92 Å². The maximum Gasteiger partial charge on any atom is 0.338 e. The van der Waals surface area contributed by atoms with Gasteiger partial charge in [-0.1, -0.05) is 60.2 Å². The molecule has 0 aliphatic heterocycles. The summed E-state index contributed by atoms with van der Waals surface area (Å²) in [4.78, 5) is 24.5. The number of rotatable bonds is 10. The minimum atomic E-state index is -3.99. The summed E-state index contributed by atoms with van der Waals surface area (Å²) in [6.45, 7) is 1.92. The van der Waals surface area contributed by atoms with Crippen LogP contribution >= 0.6 is 0 Å². The van der Waals surface area contributed by atoms with Gasteiger partial charge in [0, 0.05) is 20.1 Å². The van der Waals surface area contributed by atoms with Crippen molar-refractivity contribution in [2.75, 3.05) is 20.8 Å². The molecule has 0 bridgehead atoms. The molecule has 3 aromatic rings. The fourth-order valence-corrected chi connectivity index (χ4v) is 4.61. The number of ether oxygens (including phenoxy) is 2. The van der Waals surface area contributed by atoms with Gasteiger partial charge in [0.2, 0.25) is 10.0 Å². The molecule has 1 N–H and O–H groups in total. The number of methoxy groups -OCH3 is 1. The third-order valence-electron chi connectivity index (χ3n) is 5.28. The lowest BCUT2D eigenvalue weighted by Gasteiger charge is -2.19. The lowest BCUT2D eigenvalue weighted by atomic mass is 10.1. The van der Waals surface area contributed by atoms with Crippen molar-refractivity contribution in [1.29, 1.82) is 0 Å². The maximum atomic E-state index is 13.2. The van der Waals surface area contributed by atoms with Gasteiger partial charge in [-0.05, 0) is 36.2 Å². The first-order chi connectivity index (χ1) is 16.7. The van der Waals surface area contributed by atoms with E-state index in [0.29, 0.717) is 6.54 Å². The Kier molecular flexibility index (Phi) is 8.62. The number of nitrogens with zero attached hydrogens (tertiary/aromatic N) is 1. The van der Waals surface area contributed by atoms with E-state index in [1.165, 1.54) is 36.7 Å². The van der Waals surface area contributed by atoms with Crippen molar-refractivity contribution < 1.29 is 27.5 Å². The molecule has 0 unspecified atom stereocenters. The molecule has 0 spiro atoms.